The maximum atomic E-state index is 12.2. The van der Waals surface area contributed by atoms with Gasteiger partial charge in [0.2, 0.25) is 0 Å². The highest BCUT2D eigenvalue weighted by Crippen LogP contribution is 2.37. The van der Waals surface area contributed by atoms with Gasteiger partial charge in [-0.2, -0.15) is 0 Å². The third-order valence-electron chi connectivity index (χ3n) is 4.10. The van der Waals surface area contributed by atoms with E-state index in [9.17, 15) is 9.59 Å². The van der Waals surface area contributed by atoms with Crippen LogP contribution in [0.15, 0.2) is 28.7 Å². The van der Waals surface area contributed by atoms with Crippen molar-refractivity contribution in [1.29, 1.82) is 0 Å². The number of hydrogen-bond acceptors (Lipinski definition) is 4. The Morgan fingerprint density at radius 2 is 1.88 bits per heavy atom. The normalized spacial score (nSPS) is 13.6. The molecule has 0 saturated carbocycles. The fourth-order valence-corrected chi connectivity index (χ4v) is 4.51. The summed E-state index contributed by atoms with van der Waals surface area (Å²) in [6.45, 7) is -0.123. The summed E-state index contributed by atoms with van der Waals surface area (Å²) < 4.78 is 6.41. The fraction of sp³-hybridized carbons (Fsp3) is 0.333. The Bertz CT molecular complexity index is 786. The highest BCUT2D eigenvalue weighted by atomic mass is 79.9. The second kappa shape index (κ2) is 8.01. The smallest absolute Gasteiger partial charge is 0.262 e. The molecule has 0 fully saturated rings. The van der Waals surface area contributed by atoms with Gasteiger partial charge in [0.05, 0.1) is 5.56 Å². The lowest BCUT2D eigenvalue weighted by atomic mass is 10.1. The van der Waals surface area contributed by atoms with Crippen LogP contribution < -0.4 is 15.8 Å². The van der Waals surface area contributed by atoms with Crippen molar-refractivity contribution in [3.63, 3.8) is 0 Å². The van der Waals surface area contributed by atoms with Gasteiger partial charge in [0.15, 0.2) is 6.61 Å². The Morgan fingerprint density at radius 3 is 2.60 bits per heavy atom. The van der Waals surface area contributed by atoms with Gasteiger partial charge in [-0.1, -0.05) is 22.4 Å². The van der Waals surface area contributed by atoms with Crippen LogP contribution >= 0.6 is 27.3 Å². The van der Waals surface area contributed by atoms with Crippen LogP contribution in [0.4, 0.5) is 5.00 Å². The fourth-order valence-electron chi connectivity index (χ4n) is 2.93. The molecule has 1 aromatic carbocycles. The molecule has 0 spiro atoms. The Hall–Kier alpha value is -1.86. The number of anilines is 1. The van der Waals surface area contributed by atoms with E-state index in [1.807, 2.05) is 12.1 Å². The van der Waals surface area contributed by atoms with Gasteiger partial charge in [0.1, 0.15) is 10.8 Å². The summed E-state index contributed by atoms with van der Waals surface area (Å²) in [6, 6.07) is 7.24. The number of rotatable bonds is 5. The standard InChI is InChI=1S/C18H19BrN2O3S/c19-11-6-8-12(9-7-11)24-10-15(22)21-18-16(17(20)23)13-4-2-1-3-5-14(13)25-18/h6-9H,1-5,10H2,(H2,20,23)(H,21,22). The van der Waals surface area contributed by atoms with E-state index < -0.39 is 5.91 Å². The summed E-state index contributed by atoms with van der Waals surface area (Å²) in [4.78, 5) is 25.3. The summed E-state index contributed by atoms with van der Waals surface area (Å²) in [5, 5.41) is 3.34. The van der Waals surface area contributed by atoms with Crippen LogP contribution in [0.3, 0.4) is 0 Å². The van der Waals surface area contributed by atoms with E-state index >= 15 is 0 Å². The summed E-state index contributed by atoms with van der Waals surface area (Å²) in [7, 11) is 0. The number of ether oxygens (including phenoxy) is 1. The third-order valence-corrected chi connectivity index (χ3v) is 5.84. The predicted octanol–water partition coefficient (Wildman–Crippen LogP) is 3.90. The Labute approximate surface area is 158 Å². The number of amides is 2. The summed E-state index contributed by atoms with van der Waals surface area (Å²) in [5.41, 5.74) is 7.05. The van der Waals surface area contributed by atoms with Crippen molar-refractivity contribution < 1.29 is 14.3 Å². The van der Waals surface area contributed by atoms with Gasteiger partial charge < -0.3 is 15.8 Å². The monoisotopic (exact) mass is 422 g/mol. The lowest BCUT2D eigenvalue weighted by Gasteiger charge is -2.08. The third kappa shape index (κ3) is 4.41. The number of halogens is 1. The highest BCUT2D eigenvalue weighted by Gasteiger charge is 2.24. The van der Waals surface area contributed by atoms with E-state index in [0.29, 0.717) is 16.3 Å². The highest BCUT2D eigenvalue weighted by molar-refractivity contribution is 9.10. The average Bonchev–Trinajstić information content (AvgIpc) is 2.75. The maximum Gasteiger partial charge on any atom is 0.262 e. The lowest BCUT2D eigenvalue weighted by molar-refractivity contribution is -0.118. The molecule has 7 heteroatoms. The number of carbonyl (C=O) groups excluding carboxylic acids is 2. The zero-order valence-electron chi connectivity index (χ0n) is 13.6. The molecular weight excluding hydrogens is 404 g/mol. The molecular formula is C18H19BrN2O3S. The van der Waals surface area contributed by atoms with Crippen LogP contribution in [-0.4, -0.2) is 18.4 Å². The molecule has 25 heavy (non-hydrogen) atoms. The topological polar surface area (TPSA) is 81.4 Å². The number of nitrogens with two attached hydrogens (primary N) is 1. The average molecular weight is 423 g/mol. The zero-order valence-corrected chi connectivity index (χ0v) is 16.0. The number of primary amides is 1. The minimum atomic E-state index is -0.483. The van der Waals surface area contributed by atoms with E-state index in [2.05, 4.69) is 21.2 Å². The van der Waals surface area contributed by atoms with Crippen molar-refractivity contribution in [2.75, 3.05) is 11.9 Å². The second-order valence-electron chi connectivity index (χ2n) is 5.92. The van der Waals surface area contributed by atoms with Gasteiger partial charge in [-0.15, -0.1) is 11.3 Å². The van der Waals surface area contributed by atoms with Crippen LogP contribution in [0.5, 0.6) is 5.75 Å². The van der Waals surface area contributed by atoms with Crippen molar-refractivity contribution in [3.8, 4) is 5.75 Å². The van der Waals surface area contributed by atoms with Gasteiger partial charge >= 0.3 is 0 Å². The van der Waals surface area contributed by atoms with E-state index in [1.54, 1.807) is 12.1 Å². The maximum absolute atomic E-state index is 12.2. The van der Waals surface area contributed by atoms with Crippen LogP contribution in [0, 0.1) is 0 Å². The minimum absolute atomic E-state index is 0.123. The quantitative estimate of drug-likeness (QED) is 0.716. The van der Waals surface area contributed by atoms with Crippen molar-refractivity contribution in [3.05, 3.63) is 44.7 Å². The predicted molar refractivity (Wildman–Crippen MR) is 102 cm³/mol. The molecule has 5 nitrogen and oxygen atoms in total. The number of carbonyl (C=O) groups is 2. The number of fused-ring (bicyclic) bond motifs is 1. The first-order chi connectivity index (χ1) is 12.0. The van der Waals surface area contributed by atoms with Gasteiger partial charge in [-0.25, -0.2) is 0 Å². The van der Waals surface area contributed by atoms with Crippen molar-refractivity contribution >= 4 is 44.1 Å². The van der Waals surface area contributed by atoms with Crippen LogP contribution in [0.25, 0.3) is 0 Å². The Balaban J connectivity index is 1.70. The van der Waals surface area contributed by atoms with Crippen LogP contribution in [0.2, 0.25) is 0 Å². The number of nitrogens with one attached hydrogen (secondary N) is 1. The van der Waals surface area contributed by atoms with E-state index in [-0.39, 0.29) is 12.5 Å². The van der Waals surface area contributed by atoms with Gasteiger partial charge in [0, 0.05) is 9.35 Å². The first-order valence-corrected chi connectivity index (χ1v) is 9.78. The van der Waals surface area contributed by atoms with Crippen LogP contribution in [-0.2, 0) is 17.6 Å². The molecule has 0 bridgehead atoms. The molecule has 132 valence electrons. The van der Waals surface area contributed by atoms with E-state index in [0.717, 1.165) is 47.0 Å². The summed E-state index contributed by atoms with van der Waals surface area (Å²) in [6.07, 6.45) is 5.08. The Kier molecular flexibility index (Phi) is 5.75. The molecule has 2 aromatic rings. The van der Waals surface area contributed by atoms with Crippen molar-refractivity contribution in [2.24, 2.45) is 5.73 Å². The molecule has 0 unspecified atom stereocenters. The number of hydrogen-bond donors (Lipinski definition) is 2. The Morgan fingerprint density at radius 1 is 1.16 bits per heavy atom. The molecule has 0 atom stereocenters. The van der Waals surface area contributed by atoms with Gasteiger partial charge in [-0.3, -0.25) is 9.59 Å². The molecule has 0 saturated heterocycles. The summed E-state index contributed by atoms with van der Waals surface area (Å²) >= 11 is 4.81. The zero-order chi connectivity index (χ0) is 17.8. The molecule has 1 aliphatic carbocycles. The lowest BCUT2D eigenvalue weighted by Crippen LogP contribution is -2.22. The van der Waals surface area contributed by atoms with Crippen LogP contribution in [0.1, 0.15) is 40.1 Å². The van der Waals surface area contributed by atoms with Crippen molar-refractivity contribution in [1.82, 2.24) is 0 Å². The number of aryl methyl sites for hydroxylation is 1. The number of thiophene rings is 1. The first kappa shape index (κ1) is 17.9. The molecule has 0 radical (unpaired) electrons. The summed E-state index contributed by atoms with van der Waals surface area (Å²) in [5.74, 6) is -0.180. The molecule has 1 aliphatic rings. The molecule has 1 heterocycles. The second-order valence-corrected chi connectivity index (χ2v) is 7.94. The van der Waals surface area contributed by atoms with Gasteiger partial charge in [0.25, 0.3) is 11.8 Å². The molecule has 1 aromatic heterocycles. The van der Waals surface area contributed by atoms with Gasteiger partial charge in [-0.05, 0) is 55.5 Å². The first-order valence-electron chi connectivity index (χ1n) is 8.17. The molecule has 3 rings (SSSR count). The molecule has 2 amide bonds. The van der Waals surface area contributed by atoms with Crippen molar-refractivity contribution in [2.45, 2.75) is 32.1 Å². The molecule has 0 aliphatic heterocycles. The number of benzene rings is 1. The van der Waals surface area contributed by atoms with E-state index in [1.165, 1.54) is 11.3 Å². The minimum Gasteiger partial charge on any atom is -0.484 e. The van der Waals surface area contributed by atoms with E-state index in [4.69, 9.17) is 10.5 Å². The SMILES string of the molecule is NC(=O)c1c(NC(=O)COc2ccc(Br)cc2)sc2c1CCCCC2. The largest absolute Gasteiger partial charge is 0.484 e. The molecule has 3 N–H and O–H groups in total.